The monoisotopic (exact) mass is 330 g/mol. The minimum atomic E-state index is -0.545. The topological polar surface area (TPSA) is 42.4 Å². The van der Waals surface area contributed by atoms with Crippen molar-refractivity contribution in [2.24, 2.45) is 0 Å². The fourth-order valence-electron chi connectivity index (χ4n) is 2.49. The number of hydrogen-bond donors (Lipinski definition) is 0. The van der Waals surface area contributed by atoms with Crippen molar-refractivity contribution in [3.05, 3.63) is 59.4 Å². The summed E-state index contributed by atoms with van der Waals surface area (Å²) in [6.07, 6.45) is 5.06. The number of carbonyl (C=O) groups is 1. The van der Waals surface area contributed by atoms with Crippen LogP contribution in [0.15, 0.2) is 48.8 Å². The molecule has 5 heteroatoms. The zero-order valence-corrected chi connectivity index (χ0v) is 13.7. The first kappa shape index (κ1) is 15.8. The predicted molar refractivity (Wildman–Crippen MR) is 89.4 cm³/mol. The Labute approximate surface area is 141 Å². The van der Waals surface area contributed by atoms with Gasteiger partial charge in [0.15, 0.2) is 6.10 Å². The van der Waals surface area contributed by atoms with Gasteiger partial charge >= 0.3 is 0 Å². The number of halogens is 1. The molecule has 1 atom stereocenters. The van der Waals surface area contributed by atoms with Crippen LogP contribution in [-0.4, -0.2) is 27.9 Å². The van der Waals surface area contributed by atoms with Crippen LogP contribution in [-0.2, 0) is 11.3 Å². The molecule has 1 saturated carbocycles. The molecule has 1 unspecified atom stereocenters. The highest BCUT2D eigenvalue weighted by atomic mass is 35.5. The second-order valence-corrected chi connectivity index (χ2v) is 6.21. The Morgan fingerprint density at radius 1 is 1.35 bits per heavy atom. The Hall–Kier alpha value is -2.07. The first-order chi connectivity index (χ1) is 11.1. The smallest absolute Gasteiger partial charge is 0.263 e. The number of rotatable bonds is 6. The van der Waals surface area contributed by atoms with Crippen LogP contribution in [0.25, 0.3) is 0 Å². The normalized spacial score (nSPS) is 15.0. The summed E-state index contributed by atoms with van der Waals surface area (Å²) in [6, 6.07) is 11.3. The molecular formula is C18H19ClN2O2. The van der Waals surface area contributed by atoms with E-state index >= 15 is 0 Å². The molecule has 1 heterocycles. The van der Waals surface area contributed by atoms with Gasteiger partial charge in [0, 0.05) is 30.0 Å². The second kappa shape index (κ2) is 7.01. The van der Waals surface area contributed by atoms with Gasteiger partial charge in [-0.1, -0.05) is 17.7 Å². The molecule has 2 aromatic rings. The van der Waals surface area contributed by atoms with Crippen molar-refractivity contribution in [3.8, 4) is 5.75 Å². The van der Waals surface area contributed by atoms with Gasteiger partial charge in [-0.25, -0.2) is 0 Å². The summed E-state index contributed by atoms with van der Waals surface area (Å²) in [5.41, 5.74) is 1.08. The van der Waals surface area contributed by atoms with Crippen molar-refractivity contribution in [2.75, 3.05) is 0 Å². The first-order valence-corrected chi connectivity index (χ1v) is 8.13. The summed E-state index contributed by atoms with van der Waals surface area (Å²) in [6.45, 7) is 2.38. The average Bonchev–Trinajstić information content (AvgIpc) is 3.38. The van der Waals surface area contributed by atoms with Gasteiger partial charge in [-0.15, -0.1) is 0 Å². The molecule has 1 amide bonds. The molecular weight excluding hydrogens is 312 g/mol. The van der Waals surface area contributed by atoms with Crippen LogP contribution in [0.4, 0.5) is 0 Å². The molecule has 0 spiro atoms. The van der Waals surface area contributed by atoms with Crippen molar-refractivity contribution in [1.29, 1.82) is 0 Å². The van der Waals surface area contributed by atoms with E-state index in [1.807, 2.05) is 23.1 Å². The third kappa shape index (κ3) is 4.23. The highest BCUT2D eigenvalue weighted by Gasteiger charge is 2.35. The van der Waals surface area contributed by atoms with E-state index in [1.54, 1.807) is 37.5 Å². The average molecular weight is 331 g/mol. The summed E-state index contributed by atoms with van der Waals surface area (Å²) >= 11 is 5.96. The Bertz CT molecular complexity index is 674. The highest BCUT2D eigenvalue weighted by molar-refractivity contribution is 6.30. The Balaban J connectivity index is 1.68. The standard InChI is InChI=1S/C18H19ClN2O2/c1-13(23-17-4-2-3-15(19)11-17)18(22)21(16-5-6-16)12-14-7-9-20-10-8-14/h2-4,7-11,13,16H,5-6,12H2,1H3. The number of pyridine rings is 1. The van der Waals surface area contributed by atoms with Crippen molar-refractivity contribution in [2.45, 2.75) is 38.5 Å². The number of nitrogens with zero attached hydrogens (tertiary/aromatic N) is 2. The molecule has 1 aromatic heterocycles. The Morgan fingerprint density at radius 3 is 2.74 bits per heavy atom. The van der Waals surface area contributed by atoms with Crippen molar-refractivity contribution in [1.82, 2.24) is 9.88 Å². The molecule has 1 aliphatic carbocycles. The minimum absolute atomic E-state index is 0.00397. The van der Waals surface area contributed by atoms with E-state index in [0.29, 0.717) is 23.4 Å². The number of aromatic nitrogens is 1. The van der Waals surface area contributed by atoms with Gasteiger partial charge in [0.05, 0.1) is 0 Å². The number of carbonyl (C=O) groups excluding carboxylic acids is 1. The maximum Gasteiger partial charge on any atom is 0.263 e. The lowest BCUT2D eigenvalue weighted by Gasteiger charge is -2.26. The molecule has 0 bridgehead atoms. The zero-order chi connectivity index (χ0) is 16.2. The molecule has 1 aliphatic rings. The molecule has 0 N–H and O–H groups in total. The highest BCUT2D eigenvalue weighted by Crippen LogP contribution is 2.29. The first-order valence-electron chi connectivity index (χ1n) is 7.75. The largest absolute Gasteiger partial charge is 0.481 e. The number of hydrogen-bond acceptors (Lipinski definition) is 3. The summed E-state index contributed by atoms with van der Waals surface area (Å²) in [4.78, 5) is 18.7. The Morgan fingerprint density at radius 2 is 2.09 bits per heavy atom. The summed E-state index contributed by atoms with van der Waals surface area (Å²) in [5, 5.41) is 0.595. The lowest BCUT2D eigenvalue weighted by Crippen LogP contribution is -2.41. The molecule has 23 heavy (non-hydrogen) atoms. The maximum absolute atomic E-state index is 12.8. The van der Waals surface area contributed by atoms with Crippen LogP contribution in [0.5, 0.6) is 5.75 Å². The molecule has 1 aromatic carbocycles. The van der Waals surface area contributed by atoms with Crippen LogP contribution < -0.4 is 4.74 Å². The molecule has 0 radical (unpaired) electrons. The molecule has 120 valence electrons. The lowest BCUT2D eigenvalue weighted by atomic mass is 10.2. The van der Waals surface area contributed by atoms with E-state index in [0.717, 1.165) is 18.4 Å². The Kier molecular flexibility index (Phi) is 4.82. The minimum Gasteiger partial charge on any atom is -0.481 e. The van der Waals surface area contributed by atoms with Crippen LogP contribution in [0, 0.1) is 0 Å². The van der Waals surface area contributed by atoms with E-state index < -0.39 is 6.10 Å². The van der Waals surface area contributed by atoms with E-state index in [9.17, 15) is 4.79 Å². The molecule has 4 nitrogen and oxygen atoms in total. The van der Waals surface area contributed by atoms with E-state index in [1.165, 1.54) is 0 Å². The van der Waals surface area contributed by atoms with Gasteiger partial charge < -0.3 is 9.64 Å². The number of amides is 1. The maximum atomic E-state index is 12.8. The SMILES string of the molecule is CC(Oc1cccc(Cl)c1)C(=O)N(Cc1ccncc1)C1CC1. The van der Waals surface area contributed by atoms with Gasteiger partial charge in [0.2, 0.25) is 0 Å². The van der Waals surface area contributed by atoms with Crippen molar-refractivity contribution >= 4 is 17.5 Å². The van der Waals surface area contributed by atoms with Crippen LogP contribution >= 0.6 is 11.6 Å². The lowest BCUT2D eigenvalue weighted by molar-refractivity contribution is -0.139. The van der Waals surface area contributed by atoms with Gasteiger partial charge in [0.25, 0.3) is 5.91 Å². The van der Waals surface area contributed by atoms with Crippen LogP contribution in [0.2, 0.25) is 5.02 Å². The van der Waals surface area contributed by atoms with E-state index in [-0.39, 0.29) is 5.91 Å². The third-order valence-electron chi connectivity index (χ3n) is 3.83. The van der Waals surface area contributed by atoms with Crippen LogP contribution in [0.1, 0.15) is 25.3 Å². The molecule has 1 fully saturated rings. The zero-order valence-electron chi connectivity index (χ0n) is 13.0. The van der Waals surface area contributed by atoms with E-state index in [4.69, 9.17) is 16.3 Å². The molecule has 0 saturated heterocycles. The molecule has 3 rings (SSSR count). The fourth-order valence-corrected chi connectivity index (χ4v) is 2.67. The van der Waals surface area contributed by atoms with Gasteiger partial charge in [-0.3, -0.25) is 9.78 Å². The van der Waals surface area contributed by atoms with E-state index in [2.05, 4.69) is 4.98 Å². The van der Waals surface area contributed by atoms with Crippen molar-refractivity contribution < 1.29 is 9.53 Å². The second-order valence-electron chi connectivity index (χ2n) is 5.77. The summed E-state index contributed by atoms with van der Waals surface area (Å²) in [5.74, 6) is 0.613. The van der Waals surface area contributed by atoms with Gasteiger partial charge in [-0.2, -0.15) is 0 Å². The summed E-state index contributed by atoms with van der Waals surface area (Å²) in [7, 11) is 0. The molecule has 0 aliphatic heterocycles. The third-order valence-corrected chi connectivity index (χ3v) is 4.06. The van der Waals surface area contributed by atoms with Crippen LogP contribution in [0.3, 0.4) is 0 Å². The fraction of sp³-hybridized carbons (Fsp3) is 0.333. The summed E-state index contributed by atoms with van der Waals surface area (Å²) < 4.78 is 5.77. The number of ether oxygens (including phenoxy) is 1. The van der Waals surface area contributed by atoms with Gasteiger partial charge in [0.1, 0.15) is 5.75 Å². The quantitative estimate of drug-likeness (QED) is 0.811. The number of benzene rings is 1. The predicted octanol–water partition coefficient (Wildman–Crippen LogP) is 3.69. The van der Waals surface area contributed by atoms with Crippen molar-refractivity contribution in [3.63, 3.8) is 0 Å². The van der Waals surface area contributed by atoms with Gasteiger partial charge in [-0.05, 0) is 55.7 Å².